The third-order valence-corrected chi connectivity index (χ3v) is 5.29. The second kappa shape index (κ2) is 9.30. The lowest BCUT2D eigenvalue weighted by atomic mass is 10.0. The van der Waals surface area contributed by atoms with Crippen LogP contribution < -0.4 is 9.47 Å². The number of aromatic nitrogens is 2. The largest absolute Gasteiger partial charge is 0.497 e. The van der Waals surface area contributed by atoms with Crippen LogP contribution in [0.2, 0.25) is 0 Å². The zero-order valence-electron chi connectivity index (χ0n) is 17.6. The molecule has 0 aliphatic carbocycles. The summed E-state index contributed by atoms with van der Waals surface area (Å²) in [4.78, 5) is 0. The zero-order chi connectivity index (χ0) is 22.0. The molecule has 30 heavy (non-hydrogen) atoms. The van der Waals surface area contributed by atoms with Crippen molar-refractivity contribution in [3.63, 3.8) is 0 Å². The highest BCUT2D eigenvalue weighted by Crippen LogP contribution is 2.31. The van der Waals surface area contributed by atoms with Gasteiger partial charge in [0.25, 0.3) is 0 Å². The molecule has 0 radical (unpaired) electrons. The Bertz CT molecular complexity index is 871. The lowest BCUT2D eigenvalue weighted by molar-refractivity contribution is -0.241. The van der Waals surface area contributed by atoms with E-state index in [4.69, 9.17) is 14.2 Å². The molecule has 2 aromatic rings. The average molecular weight is 424 g/mol. The zero-order valence-corrected chi connectivity index (χ0v) is 17.6. The minimum atomic E-state index is -1.30. The molecule has 1 aliphatic heterocycles. The van der Waals surface area contributed by atoms with Crippen LogP contribution in [0.3, 0.4) is 0 Å². The maximum Gasteiger partial charge on any atom is 0.239 e. The molecule has 0 bridgehead atoms. The number of nitrogens with zero attached hydrogens (tertiary/aromatic N) is 2. The van der Waals surface area contributed by atoms with E-state index in [0.29, 0.717) is 16.9 Å². The van der Waals surface area contributed by atoms with Gasteiger partial charge in [-0.1, -0.05) is 6.07 Å². The standard InChI is InChI=1S/C21H29FN2O6/c1-11(2)24-12(3)16(7-13-5-6-14(28-4)8-17(13)22)20(23-24)30-21-19(27)18(26)9-15(10-25)29-21/h5-6,8,11,15,18-19,21,25-27H,7,9-10H2,1-4H3/t15-,18-,19+,21-/m0/s1. The van der Waals surface area contributed by atoms with Gasteiger partial charge in [0.1, 0.15) is 17.7 Å². The summed E-state index contributed by atoms with van der Waals surface area (Å²) in [5.74, 6) is 0.193. The molecule has 3 N–H and O–H groups in total. The van der Waals surface area contributed by atoms with Gasteiger partial charge in [0, 0.05) is 36.2 Å². The fraction of sp³-hybridized carbons (Fsp3) is 0.571. The number of benzene rings is 1. The predicted octanol–water partition coefficient (Wildman–Crippen LogP) is 1.72. The molecular formula is C21H29FN2O6. The van der Waals surface area contributed by atoms with Gasteiger partial charge in [0.15, 0.2) is 0 Å². The minimum Gasteiger partial charge on any atom is -0.497 e. The first-order valence-corrected chi connectivity index (χ1v) is 9.94. The maximum atomic E-state index is 14.5. The van der Waals surface area contributed by atoms with E-state index in [2.05, 4.69) is 5.10 Å². The maximum absolute atomic E-state index is 14.5. The molecule has 1 aliphatic rings. The van der Waals surface area contributed by atoms with Crippen LogP contribution in [-0.4, -0.2) is 63.4 Å². The molecule has 1 aromatic heterocycles. The van der Waals surface area contributed by atoms with Crippen molar-refractivity contribution >= 4 is 0 Å². The predicted molar refractivity (Wildman–Crippen MR) is 106 cm³/mol. The highest BCUT2D eigenvalue weighted by Gasteiger charge is 2.39. The molecule has 1 aromatic carbocycles. The molecule has 1 fully saturated rings. The van der Waals surface area contributed by atoms with Gasteiger partial charge in [-0.05, 0) is 32.4 Å². The summed E-state index contributed by atoms with van der Waals surface area (Å²) in [6.45, 7) is 5.46. The lowest BCUT2D eigenvalue weighted by Crippen LogP contribution is -2.51. The van der Waals surface area contributed by atoms with Gasteiger partial charge in [-0.25, -0.2) is 4.39 Å². The molecule has 4 atom stereocenters. The number of aliphatic hydroxyl groups excluding tert-OH is 3. The van der Waals surface area contributed by atoms with Crippen molar-refractivity contribution in [3.8, 4) is 11.6 Å². The second-order valence-electron chi connectivity index (χ2n) is 7.76. The van der Waals surface area contributed by atoms with Gasteiger partial charge in [0.2, 0.25) is 12.2 Å². The molecule has 0 unspecified atom stereocenters. The quantitative estimate of drug-likeness (QED) is 0.621. The first kappa shape index (κ1) is 22.5. The molecule has 0 saturated carbocycles. The van der Waals surface area contributed by atoms with Crippen molar-refractivity contribution < 1.29 is 33.9 Å². The number of hydrogen-bond donors (Lipinski definition) is 3. The summed E-state index contributed by atoms with van der Waals surface area (Å²) in [5.41, 5.74) is 1.87. The van der Waals surface area contributed by atoms with Gasteiger partial charge < -0.3 is 29.5 Å². The number of methoxy groups -OCH3 is 1. The van der Waals surface area contributed by atoms with Gasteiger partial charge in [-0.15, -0.1) is 5.10 Å². The van der Waals surface area contributed by atoms with E-state index >= 15 is 0 Å². The van der Waals surface area contributed by atoms with Crippen LogP contribution in [-0.2, 0) is 11.2 Å². The summed E-state index contributed by atoms with van der Waals surface area (Å²) in [5, 5.41) is 34.2. The topological polar surface area (TPSA) is 106 Å². The summed E-state index contributed by atoms with van der Waals surface area (Å²) >= 11 is 0. The van der Waals surface area contributed by atoms with Gasteiger partial charge >= 0.3 is 0 Å². The molecule has 0 amide bonds. The SMILES string of the molecule is COc1ccc(Cc2c(O[C@@H]3O[C@H](CO)C[C@H](O)[C@H]3O)nn(C(C)C)c2C)c(F)c1. The number of hydrogen-bond acceptors (Lipinski definition) is 7. The van der Waals surface area contributed by atoms with Crippen molar-refractivity contribution in [2.75, 3.05) is 13.7 Å². The number of halogens is 1. The van der Waals surface area contributed by atoms with Crippen molar-refractivity contribution in [3.05, 3.63) is 40.8 Å². The number of ether oxygens (including phenoxy) is 3. The molecule has 1 saturated heterocycles. The Morgan fingerprint density at radius 3 is 2.67 bits per heavy atom. The van der Waals surface area contributed by atoms with E-state index in [1.54, 1.807) is 16.8 Å². The number of aliphatic hydroxyl groups is 3. The number of rotatable bonds is 7. The molecule has 0 spiro atoms. The van der Waals surface area contributed by atoms with E-state index in [0.717, 1.165) is 5.69 Å². The van der Waals surface area contributed by atoms with Crippen LogP contribution in [0.25, 0.3) is 0 Å². The minimum absolute atomic E-state index is 0.0230. The molecule has 166 valence electrons. The fourth-order valence-corrected chi connectivity index (χ4v) is 3.56. The van der Waals surface area contributed by atoms with Crippen LogP contribution in [0.5, 0.6) is 11.6 Å². The van der Waals surface area contributed by atoms with Crippen molar-refractivity contribution in [1.82, 2.24) is 9.78 Å². The summed E-state index contributed by atoms with van der Waals surface area (Å²) in [7, 11) is 1.47. The van der Waals surface area contributed by atoms with Crippen molar-refractivity contribution in [2.45, 2.75) is 64.3 Å². The van der Waals surface area contributed by atoms with E-state index in [1.807, 2.05) is 20.8 Å². The van der Waals surface area contributed by atoms with Gasteiger partial charge in [0.05, 0.1) is 25.9 Å². The Morgan fingerprint density at radius 2 is 2.07 bits per heavy atom. The summed E-state index contributed by atoms with van der Waals surface area (Å²) in [6.07, 6.45) is -3.97. The third kappa shape index (κ3) is 4.59. The van der Waals surface area contributed by atoms with Crippen LogP contribution in [0.15, 0.2) is 18.2 Å². The monoisotopic (exact) mass is 424 g/mol. The first-order chi connectivity index (χ1) is 14.2. The summed E-state index contributed by atoms with van der Waals surface area (Å²) in [6, 6.07) is 4.66. The second-order valence-corrected chi connectivity index (χ2v) is 7.76. The summed E-state index contributed by atoms with van der Waals surface area (Å²) < 4.78 is 32.8. The van der Waals surface area contributed by atoms with Crippen molar-refractivity contribution in [1.29, 1.82) is 0 Å². The smallest absolute Gasteiger partial charge is 0.239 e. The molecular weight excluding hydrogens is 395 g/mol. The lowest BCUT2D eigenvalue weighted by Gasteiger charge is -2.35. The highest BCUT2D eigenvalue weighted by atomic mass is 19.1. The van der Waals surface area contributed by atoms with Crippen LogP contribution in [0, 0.1) is 12.7 Å². The Hall–Kier alpha value is -2.20. The van der Waals surface area contributed by atoms with Gasteiger partial charge in [-0.2, -0.15) is 0 Å². The first-order valence-electron chi connectivity index (χ1n) is 9.94. The fourth-order valence-electron chi connectivity index (χ4n) is 3.56. The van der Waals surface area contributed by atoms with E-state index in [1.165, 1.54) is 13.2 Å². The van der Waals surface area contributed by atoms with E-state index in [-0.39, 0.29) is 31.4 Å². The molecule has 9 heteroatoms. The van der Waals surface area contributed by atoms with Crippen LogP contribution >= 0.6 is 0 Å². The van der Waals surface area contributed by atoms with Gasteiger partial charge in [-0.3, -0.25) is 4.68 Å². The molecule has 3 rings (SSSR count). The van der Waals surface area contributed by atoms with Crippen LogP contribution in [0.1, 0.15) is 43.1 Å². The Morgan fingerprint density at radius 1 is 1.33 bits per heavy atom. The third-order valence-electron chi connectivity index (χ3n) is 5.29. The highest BCUT2D eigenvalue weighted by molar-refractivity contribution is 5.39. The average Bonchev–Trinajstić information content (AvgIpc) is 3.02. The molecule has 8 nitrogen and oxygen atoms in total. The molecule has 2 heterocycles. The Kier molecular flexibility index (Phi) is 6.97. The Balaban J connectivity index is 1.93. The van der Waals surface area contributed by atoms with E-state index < -0.39 is 30.4 Å². The Labute approximate surface area is 174 Å². The van der Waals surface area contributed by atoms with E-state index in [9.17, 15) is 19.7 Å². The normalized spacial score (nSPS) is 24.3. The van der Waals surface area contributed by atoms with Crippen LogP contribution in [0.4, 0.5) is 4.39 Å². The van der Waals surface area contributed by atoms with Crippen molar-refractivity contribution in [2.24, 2.45) is 0 Å².